The molecule has 0 bridgehead atoms. The summed E-state index contributed by atoms with van der Waals surface area (Å²) < 4.78 is 0. The van der Waals surface area contributed by atoms with Gasteiger partial charge in [0.15, 0.2) is 0 Å². The van der Waals surface area contributed by atoms with E-state index in [1.807, 2.05) is 72.8 Å². The zero-order valence-corrected chi connectivity index (χ0v) is 15.6. The summed E-state index contributed by atoms with van der Waals surface area (Å²) in [7, 11) is 0. The number of fused-ring (bicyclic) bond motifs is 1. The number of aromatic nitrogens is 2. The van der Waals surface area contributed by atoms with Crippen molar-refractivity contribution in [2.45, 2.75) is 0 Å². The molecular weight excluding hydrogens is 379 g/mol. The lowest BCUT2D eigenvalue weighted by molar-refractivity contribution is 1.16. The van der Waals surface area contributed by atoms with Crippen molar-refractivity contribution >= 4 is 46.3 Å². The molecule has 0 fully saturated rings. The van der Waals surface area contributed by atoms with Crippen LogP contribution in [0.15, 0.2) is 77.9 Å². The smallest absolute Gasteiger partial charge is 0.244 e. The standard InChI is InChI=1S/C21H14Cl2N4/c22-16-8-6-14(7-9-16)13-24-27-21-25-19-11-10-17(23)12-18(19)20(26-21)15-4-2-1-3-5-15/h1-13H,(H,25,26,27)/b24-13+. The fourth-order valence-electron chi connectivity index (χ4n) is 2.68. The number of hydrogen-bond donors (Lipinski definition) is 1. The van der Waals surface area contributed by atoms with Crippen molar-refractivity contribution in [2.75, 3.05) is 5.43 Å². The molecule has 0 aliphatic rings. The molecule has 4 rings (SSSR count). The van der Waals surface area contributed by atoms with E-state index < -0.39 is 0 Å². The van der Waals surface area contributed by atoms with Crippen LogP contribution < -0.4 is 5.43 Å². The molecule has 0 aliphatic heterocycles. The van der Waals surface area contributed by atoms with Gasteiger partial charge in [0.2, 0.25) is 5.95 Å². The highest BCUT2D eigenvalue weighted by Gasteiger charge is 2.10. The second kappa shape index (κ2) is 7.74. The van der Waals surface area contributed by atoms with Gasteiger partial charge < -0.3 is 0 Å². The van der Waals surface area contributed by atoms with Crippen LogP contribution in [0.25, 0.3) is 22.2 Å². The van der Waals surface area contributed by atoms with Gasteiger partial charge in [0, 0.05) is 21.0 Å². The van der Waals surface area contributed by atoms with Gasteiger partial charge in [-0.1, -0.05) is 65.7 Å². The number of benzene rings is 3. The maximum absolute atomic E-state index is 6.18. The van der Waals surface area contributed by atoms with Crippen LogP contribution in [0.5, 0.6) is 0 Å². The Hall–Kier alpha value is -2.95. The second-order valence-corrected chi connectivity index (χ2v) is 6.72. The molecule has 0 amide bonds. The Kier molecular flexibility index (Phi) is 5.01. The van der Waals surface area contributed by atoms with Gasteiger partial charge in [-0.15, -0.1) is 0 Å². The van der Waals surface area contributed by atoms with Crippen molar-refractivity contribution < 1.29 is 0 Å². The molecule has 0 saturated heterocycles. The summed E-state index contributed by atoms with van der Waals surface area (Å²) in [4.78, 5) is 9.17. The first-order chi connectivity index (χ1) is 13.2. The number of halogens is 2. The van der Waals surface area contributed by atoms with Crippen molar-refractivity contribution in [1.82, 2.24) is 9.97 Å². The van der Waals surface area contributed by atoms with Gasteiger partial charge in [-0.2, -0.15) is 5.10 Å². The third-order valence-electron chi connectivity index (χ3n) is 3.95. The topological polar surface area (TPSA) is 50.2 Å². The van der Waals surface area contributed by atoms with Gasteiger partial charge in [0.05, 0.1) is 17.4 Å². The molecule has 4 aromatic rings. The predicted octanol–water partition coefficient (Wildman–Crippen LogP) is 6.05. The van der Waals surface area contributed by atoms with E-state index in [4.69, 9.17) is 23.2 Å². The molecule has 1 heterocycles. The third-order valence-corrected chi connectivity index (χ3v) is 4.44. The van der Waals surface area contributed by atoms with E-state index in [9.17, 15) is 0 Å². The van der Waals surface area contributed by atoms with E-state index in [2.05, 4.69) is 20.5 Å². The normalized spacial score (nSPS) is 11.2. The molecule has 3 aromatic carbocycles. The first-order valence-corrected chi connectivity index (χ1v) is 9.02. The minimum atomic E-state index is 0.411. The molecule has 4 nitrogen and oxygen atoms in total. The fraction of sp³-hybridized carbons (Fsp3) is 0. The Morgan fingerprint density at radius 1 is 0.815 bits per heavy atom. The van der Waals surface area contributed by atoms with Crippen molar-refractivity contribution in [3.8, 4) is 11.3 Å². The Morgan fingerprint density at radius 3 is 2.33 bits per heavy atom. The van der Waals surface area contributed by atoms with Crippen LogP contribution in [0.3, 0.4) is 0 Å². The molecule has 0 aliphatic carbocycles. The molecule has 0 unspecified atom stereocenters. The zero-order chi connectivity index (χ0) is 18.6. The van der Waals surface area contributed by atoms with E-state index in [0.29, 0.717) is 16.0 Å². The summed E-state index contributed by atoms with van der Waals surface area (Å²) in [5, 5.41) is 6.45. The molecule has 0 spiro atoms. The summed E-state index contributed by atoms with van der Waals surface area (Å²) in [5.74, 6) is 0.411. The van der Waals surface area contributed by atoms with E-state index >= 15 is 0 Å². The maximum atomic E-state index is 6.18. The van der Waals surface area contributed by atoms with Crippen molar-refractivity contribution in [3.63, 3.8) is 0 Å². The van der Waals surface area contributed by atoms with Crippen molar-refractivity contribution in [2.24, 2.45) is 5.10 Å². The lowest BCUT2D eigenvalue weighted by Crippen LogP contribution is -1.99. The number of anilines is 1. The highest BCUT2D eigenvalue weighted by atomic mass is 35.5. The molecule has 0 atom stereocenters. The average Bonchev–Trinajstić information content (AvgIpc) is 2.70. The van der Waals surface area contributed by atoms with E-state index in [0.717, 1.165) is 27.7 Å². The van der Waals surface area contributed by atoms with Gasteiger partial charge in [0.1, 0.15) is 0 Å². The number of hydrazone groups is 1. The molecule has 27 heavy (non-hydrogen) atoms. The second-order valence-electron chi connectivity index (χ2n) is 5.84. The quantitative estimate of drug-likeness (QED) is 0.339. The highest BCUT2D eigenvalue weighted by molar-refractivity contribution is 6.31. The first-order valence-electron chi connectivity index (χ1n) is 8.26. The summed E-state index contributed by atoms with van der Waals surface area (Å²) in [5.41, 5.74) is 6.40. The molecule has 0 radical (unpaired) electrons. The van der Waals surface area contributed by atoms with Crippen LogP contribution in [-0.2, 0) is 0 Å². The minimum absolute atomic E-state index is 0.411. The predicted molar refractivity (Wildman–Crippen MR) is 113 cm³/mol. The van der Waals surface area contributed by atoms with Crippen LogP contribution in [0.2, 0.25) is 10.0 Å². The Bertz CT molecular complexity index is 1110. The summed E-state index contributed by atoms with van der Waals surface area (Å²) in [6.45, 7) is 0. The van der Waals surface area contributed by atoms with E-state index in [-0.39, 0.29) is 0 Å². The van der Waals surface area contributed by atoms with Crippen molar-refractivity contribution in [3.05, 3.63) is 88.4 Å². The molecule has 0 saturated carbocycles. The van der Waals surface area contributed by atoms with Gasteiger partial charge in [-0.3, -0.25) is 0 Å². The van der Waals surface area contributed by atoms with Crippen LogP contribution in [0, 0.1) is 0 Å². The molecule has 1 aromatic heterocycles. The van der Waals surface area contributed by atoms with E-state index in [1.165, 1.54) is 0 Å². The van der Waals surface area contributed by atoms with Crippen LogP contribution >= 0.6 is 23.2 Å². The monoisotopic (exact) mass is 392 g/mol. The van der Waals surface area contributed by atoms with E-state index in [1.54, 1.807) is 6.21 Å². The molecule has 1 N–H and O–H groups in total. The van der Waals surface area contributed by atoms with Gasteiger partial charge in [-0.25, -0.2) is 15.4 Å². The van der Waals surface area contributed by atoms with Gasteiger partial charge in [0.25, 0.3) is 0 Å². The minimum Gasteiger partial charge on any atom is -0.245 e. The first kappa shape index (κ1) is 17.5. The lowest BCUT2D eigenvalue weighted by Gasteiger charge is -2.09. The fourth-order valence-corrected chi connectivity index (χ4v) is 2.98. The highest BCUT2D eigenvalue weighted by Crippen LogP contribution is 2.29. The Labute approximate surface area is 166 Å². The van der Waals surface area contributed by atoms with Gasteiger partial charge in [-0.05, 0) is 35.9 Å². The zero-order valence-electron chi connectivity index (χ0n) is 14.1. The average molecular weight is 393 g/mol. The SMILES string of the molecule is Clc1ccc(/C=N/Nc2nc(-c3ccccc3)c3cc(Cl)ccc3n2)cc1. The van der Waals surface area contributed by atoms with Crippen LogP contribution in [0.1, 0.15) is 5.56 Å². The Morgan fingerprint density at radius 2 is 1.56 bits per heavy atom. The summed E-state index contributed by atoms with van der Waals surface area (Å²) in [6, 6.07) is 22.9. The summed E-state index contributed by atoms with van der Waals surface area (Å²) in [6.07, 6.45) is 1.69. The summed E-state index contributed by atoms with van der Waals surface area (Å²) >= 11 is 12.1. The van der Waals surface area contributed by atoms with Gasteiger partial charge >= 0.3 is 0 Å². The number of hydrogen-bond acceptors (Lipinski definition) is 4. The number of nitrogens with one attached hydrogen (secondary N) is 1. The third kappa shape index (κ3) is 4.08. The van der Waals surface area contributed by atoms with Crippen molar-refractivity contribution in [1.29, 1.82) is 0 Å². The van der Waals surface area contributed by atoms with Crippen LogP contribution in [0.4, 0.5) is 5.95 Å². The molecule has 6 heteroatoms. The maximum Gasteiger partial charge on any atom is 0.244 e. The number of nitrogens with zero attached hydrogens (tertiary/aromatic N) is 3. The number of rotatable bonds is 4. The largest absolute Gasteiger partial charge is 0.245 e. The molecule has 132 valence electrons. The molecular formula is C21H14Cl2N4. The lowest BCUT2D eigenvalue weighted by atomic mass is 10.1. The Balaban J connectivity index is 1.71. The van der Waals surface area contributed by atoms with Crippen LogP contribution in [-0.4, -0.2) is 16.2 Å².